The molecule has 1 N–H and O–H groups in total. The number of halogens is 1. The molecule has 1 aromatic carbocycles. The molecule has 0 fully saturated rings. The number of hydrogen-bond acceptors (Lipinski definition) is 7. The van der Waals surface area contributed by atoms with Crippen LogP contribution in [0.3, 0.4) is 0 Å². The molecule has 2 atom stereocenters. The number of carbonyl (C=O) groups excluding carboxylic acids is 3. The lowest BCUT2D eigenvalue weighted by atomic mass is 10.00. The first kappa shape index (κ1) is 27.6. The summed E-state index contributed by atoms with van der Waals surface area (Å²) >= 11 is 8.12. The van der Waals surface area contributed by atoms with Gasteiger partial charge in [0.05, 0.1) is 19.1 Å². The largest absolute Gasteiger partial charge is 0.462 e. The van der Waals surface area contributed by atoms with E-state index in [1.807, 2.05) is 30.3 Å². The standard InChI is InChI=1S/C22H30ClNO5S2/c1-3-13-30-16-20(22(27)29-12-11-28-10-9-23)24-21(26)19(15-31-17(2)25)14-18-7-5-4-6-8-18/h3-8,19-20H,1,9-16H2,2H3,(H,24,26)/t19-,20+/m1/s1. The number of alkyl halides is 1. The van der Waals surface area contributed by atoms with Gasteiger partial charge in [-0.15, -0.1) is 18.2 Å². The zero-order chi connectivity index (χ0) is 22.9. The minimum atomic E-state index is -0.800. The van der Waals surface area contributed by atoms with E-state index in [1.54, 1.807) is 6.08 Å². The predicted molar refractivity (Wildman–Crippen MR) is 129 cm³/mol. The average Bonchev–Trinajstić information content (AvgIpc) is 2.76. The molecule has 9 heteroatoms. The molecule has 0 radical (unpaired) electrons. The molecule has 0 unspecified atom stereocenters. The maximum atomic E-state index is 13.0. The van der Waals surface area contributed by atoms with Gasteiger partial charge in [0.2, 0.25) is 5.91 Å². The van der Waals surface area contributed by atoms with Crippen molar-refractivity contribution in [3.05, 3.63) is 48.6 Å². The Hall–Kier alpha value is -1.48. The van der Waals surface area contributed by atoms with Crippen LogP contribution in [0.2, 0.25) is 0 Å². The van der Waals surface area contributed by atoms with Crippen LogP contribution in [0.1, 0.15) is 12.5 Å². The minimum absolute atomic E-state index is 0.0553. The summed E-state index contributed by atoms with van der Waals surface area (Å²) in [6, 6.07) is 8.78. The summed E-state index contributed by atoms with van der Waals surface area (Å²) < 4.78 is 10.5. The Morgan fingerprint density at radius 3 is 2.55 bits per heavy atom. The van der Waals surface area contributed by atoms with E-state index >= 15 is 0 Å². The van der Waals surface area contributed by atoms with Crippen LogP contribution in [0.15, 0.2) is 43.0 Å². The van der Waals surface area contributed by atoms with E-state index in [1.165, 1.54) is 18.7 Å². The molecule has 1 aromatic rings. The van der Waals surface area contributed by atoms with Crippen molar-refractivity contribution >= 4 is 52.1 Å². The molecule has 0 aliphatic rings. The summed E-state index contributed by atoms with van der Waals surface area (Å²) in [5.41, 5.74) is 0.989. The fourth-order valence-corrected chi connectivity index (χ4v) is 4.10. The van der Waals surface area contributed by atoms with E-state index < -0.39 is 17.9 Å². The van der Waals surface area contributed by atoms with E-state index in [4.69, 9.17) is 21.1 Å². The fraction of sp³-hybridized carbons (Fsp3) is 0.500. The number of hydrogen-bond donors (Lipinski definition) is 1. The Bertz CT molecular complexity index is 690. The third kappa shape index (κ3) is 12.8. The van der Waals surface area contributed by atoms with Gasteiger partial charge in [-0.2, -0.15) is 11.8 Å². The van der Waals surface area contributed by atoms with Crippen molar-refractivity contribution in [1.29, 1.82) is 0 Å². The van der Waals surface area contributed by atoms with Crippen LogP contribution in [-0.4, -0.2) is 66.0 Å². The number of carbonyl (C=O) groups is 3. The first-order valence-corrected chi connectivity index (χ1v) is 12.6. The van der Waals surface area contributed by atoms with Crippen LogP contribution < -0.4 is 5.32 Å². The molecule has 31 heavy (non-hydrogen) atoms. The van der Waals surface area contributed by atoms with Crippen molar-refractivity contribution in [3.8, 4) is 0 Å². The van der Waals surface area contributed by atoms with E-state index in [0.717, 1.165) is 17.3 Å². The maximum absolute atomic E-state index is 13.0. The SMILES string of the molecule is C=CCSC[C@H](NC(=O)[C@@H](CSC(C)=O)Cc1ccccc1)C(=O)OCCOCCCl. The van der Waals surface area contributed by atoms with Gasteiger partial charge in [-0.3, -0.25) is 9.59 Å². The topological polar surface area (TPSA) is 81.7 Å². The van der Waals surface area contributed by atoms with Gasteiger partial charge in [-0.1, -0.05) is 48.2 Å². The van der Waals surface area contributed by atoms with Crippen LogP contribution in [-0.2, 0) is 30.3 Å². The smallest absolute Gasteiger partial charge is 0.329 e. The molecule has 0 heterocycles. The van der Waals surface area contributed by atoms with Crippen LogP contribution >= 0.6 is 35.1 Å². The van der Waals surface area contributed by atoms with E-state index in [0.29, 0.717) is 36.2 Å². The highest BCUT2D eigenvalue weighted by Gasteiger charge is 2.27. The zero-order valence-corrected chi connectivity index (χ0v) is 20.1. The number of benzene rings is 1. The Morgan fingerprint density at radius 1 is 1.16 bits per heavy atom. The number of esters is 1. The van der Waals surface area contributed by atoms with Gasteiger partial charge in [0.15, 0.2) is 5.12 Å². The normalized spacial score (nSPS) is 12.6. The number of nitrogens with one attached hydrogen (secondary N) is 1. The van der Waals surface area contributed by atoms with Crippen molar-refractivity contribution in [2.24, 2.45) is 5.92 Å². The Morgan fingerprint density at radius 2 is 1.90 bits per heavy atom. The van der Waals surface area contributed by atoms with E-state index in [9.17, 15) is 14.4 Å². The van der Waals surface area contributed by atoms with Crippen molar-refractivity contribution in [1.82, 2.24) is 5.32 Å². The molecule has 172 valence electrons. The molecule has 0 aromatic heterocycles. The average molecular weight is 488 g/mol. The minimum Gasteiger partial charge on any atom is -0.462 e. The number of thioether (sulfide) groups is 2. The van der Waals surface area contributed by atoms with Gasteiger partial charge in [0.1, 0.15) is 12.6 Å². The molecule has 0 spiro atoms. The van der Waals surface area contributed by atoms with Crippen LogP contribution in [0.5, 0.6) is 0 Å². The zero-order valence-electron chi connectivity index (χ0n) is 17.7. The molecule has 0 saturated heterocycles. The molecule has 0 aliphatic heterocycles. The number of ether oxygens (including phenoxy) is 2. The highest BCUT2D eigenvalue weighted by Crippen LogP contribution is 2.17. The lowest BCUT2D eigenvalue weighted by Gasteiger charge is -2.21. The summed E-state index contributed by atoms with van der Waals surface area (Å²) in [6.07, 6.45) is 2.21. The molecular formula is C22H30ClNO5S2. The van der Waals surface area contributed by atoms with Gasteiger partial charge in [0, 0.05) is 30.1 Å². The monoisotopic (exact) mass is 487 g/mol. The second kappa shape index (κ2) is 17.1. The second-order valence-electron chi connectivity index (χ2n) is 6.55. The van der Waals surface area contributed by atoms with Crippen LogP contribution in [0, 0.1) is 5.92 Å². The van der Waals surface area contributed by atoms with Gasteiger partial charge in [-0.25, -0.2) is 4.79 Å². The maximum Gasteiger partial charge on any atom is 0.329 e. The Kier molecular flexibility index (Phi) is 15.2. The highest BCUT2D eigenvalue weighted by atomic mass is 35.5. The Labute approximate surface area is 197 Å². The molecule has 6 nitrogen and oxygen atoms in total. The van der Waals surface area contributed by atoms with Crippen LogP contribution in [0.25, 0.3) is 0 Å². The van der Waals surface area contributed by atoms with Crippen molar-refractivity contribution < 1.29 is 23.9 Å². The molecule has 0 aliphatic carbocycles. The van der Waals surface area contributed by atoms with E-state index in [2.05, 4.69) is 11.9 Å². The molecule has 1 amide bonds. The third-order valence-corrected chi connectivity index (χ3v) is 6.17. The van der Waals surface area contributed by atoms with Crippen molar-refractivity contribution in [2.75, 3.05) is 43.0 Å². The molecular weight excluding hydrogens is 458 g/mol. The summed E-state index contributed by atoms with van der Waals surface area (Å²) in [7, 11) is 0. The summed E-state index contributed by atoms with van der Waals surface area (Å²) in [5, 5.41) is 2.76. The van der Waals surface area contributed by atoms with Gasteiger partial charge in [0.25, 0.3) is 0 Å². The van der Waals surface area contributed by atoms with Crippen molar-refractivity contribution in [3.63, 3.8) is 0 Å². The lowest BCUT2D eigenvalue weighted by molar-refractivity contribution is -0.148. The molecule has 0 saturated carbocycles. The summed E-state index contributed by atoms with van der Waals surface area (Å²) in [4.78, 5) is 37.0. The Balaban J connectivity index is 2.77. The highest BCUT2D eigenvalue weighted by molar-refractivity contribution is 8.13. The molecule has 1 rings (SSSR count). The predicted octanol–water partition coefficient (Wildman–Crippen LogP) is 3.33. The summed E-state index contributed by atoms with van der Waals surface area (Å²) in [5.74, 6) is 0.455. The lowest BCUT2D eigenvalue weighted by Crippen LogP contribution is -2.47. The second-order valence-corrected chi connectivity index (χ2v) is 9.20. The van der Waals surface area contributed by atoms with E-state index in [-0.39, 0.29) is 24.2 Å². The molecule has 0 bridgehead atoms. The van der Waals surface area contributed by atoms with Gasteiger partial charge in [-0.05, 0) is 12.0 Å². The summed E-state index contributed by atoms with van der Waals surface area (Å²) in [6.45, 7) is 5.85. The quantitative estimate of drug-likeness (QED) is 0.166. The van der Waals surface area contributed by atoms with Gasteiger partial charge < -0.3 is 14.8 Å². The van der Waals surface area contributed by atoms with Crippen molar-refractivity contribution in [2.45, 2.75) is 19.4 Å². The van der Waals surface area contributed by atoms with Crippen LogP contribution in [0.4, 0.5) is 0 Å². The first-order valence-electron chi connectivity index (χ1n) is 9.94. The van der Waals surface area contributed by atoms with Gasteiger partial charge >= 0.3 is 5.97 Å². The number of rotatable bonds is 16. The number of amides is 1. The first-order chi connectivity index (χ1) is 15.0. The third-order valence-electron chi connectivity index (χ3n) is 4.00. The fourth-order valence-electron chi connectivity index (χ4n) is 2.53.